The van der Waals surface area contributed by atoms with Crippen molar-refractivity contribution in [2.24, 2.45) is 0 Å². The summed E-state index contributed by atoms with van der Waals surface area (Å²) in [6, 6.07) is 7.87. The summed E-state index contributed by atoms with van der Waals surface area (Å²) in [6.45, 7) is 2.36. The Kier molecular flexibility index (Phi) is 3.91. The lowest BCUT2D eigenvalue weighted by Crippen LogP contribution is -2.22. The number of aryl methyl sites for hydroxylation is 1. The maximum absolute atomic E-state index is 11.8. The van der Waals surface area contributed by atoms with Gasteiger partial charge in [-0.15, -0.1) is 11.3 Å². The number of carbonyl (C=O) groups is 1. The fourth-order valence-corrected chi connectivity index (χ4v) is 2.59. The van der Waals surface area contributed by atoms with Gasteiger partial charge in [-0.1, -0.05) is 28.1 Å². The predicted octanol–water partition coefficient (Wildman–Crippen LogP) is 3.14. The lowest BCUT2D eigenvalue weighted by atomic mass is 10.2. The van der Waals surface area contributed by atoms with Gasteiger partial charge in [0, 0.05) is 11.0 Å². The van der Waals surface area contributed by atoms with Gasteiger partial charge in [-0.05, 0) is 24.6 Å². The zero-order chi connectivity index (χ0) is 12.3. The standard InChI is InChI=1S/C12H11BrN2OS/c1-8-11(17-7-15-8)12(16)14-6-9-3-2-4-10(13)5-9/h2-5,7H,6H2,1H3,(H,14,16). The minimum atomic E-state index is -0.0648. The third-order valence-corrected chi connectivity index (χ3v) is 3.71. The Morgan fingerprint density at radius 1 is 1.53 bits per heavy atom. The van der Waals surface area contributed by atoms with Gasteiger partial charge in [0.15, 0.2) is 0 Å². The topological polar surface area (TPSA) is 42.0 Å². The zero-order valence-electron chi connectivity index (χ0n) is 9.24. The van der Waals surface area contributed by atoms with E-state index in [0.29, 0.717) is 11.4 Å². The Bertz CT molecular complexity index is 539. The highest BCUT2D eigenvalue weighted by atomic mass is 79.9. The van der Waals surface area contributed by atoms with Crippen molar-refractivity contribution in [3.63, 3.8) is 0 Å². The molecule has 0 atom stereocenters. The Morgan fingerprint density at radius 2 is 2.35 bits per heavy atom. The SMILES string of the molecule is Cc1ncsc1C(=O)NCc1cccc(Br)c1. The quantitative estimate of drug-likeness (QED) is 0.946. The summed E-state index contributed by atoms with van der Waals surface area (Å²) in [4.78, 5) is 16.6. The summed E-state index contributed by atoms with van der Waals surface area (Å²) in [5.41, 5.74) is 3.53. The summed E-state index contributed by atoms with van der Waals surface area (Å²) >= 11 is 4.76. The molecule has 0 aliphatic rings. The summed E-state index contributed by atoms with van der Waals surface area (Å²) in [5, 5.41) is 2.88. The fraction of sp³-hybridized carbons (Fsp3) is 0.167. The molecule has 0 saturated heterocycles. The van der Waals surface area contributed by atoms with Gasteiger partial charge in [0.1, 0.15) is 4.88 Å². The number of benzene rings is 1. The van der Waals surface area contributed by atoms with E-state index in [1.165, 1.54) is 11.3 Å². The first-order valence-electron chi connectivity index (χ1n) is 5.09. The van der Waals surface area contributed by atoms with Crippen LogP contribution in [-0.2, 0) is 6.54 Å². The molecule has 1 amide bonds. The number of nitrogens with zero attached hydrogens (tertiary/aromatic N) is 1. The van der Waals surface area contributed by atoms with Crippen molar-refractivity contribution >= 4 is 33.2 Å². The minimum Gasteiger partial charge on any atom is -0.347 e. The van der Waals surface area contributed by atoms with Crippen molar-refractivity contribution in [2.45, 2.75) is 13.5 Å². The number of hydrogen-bond donors (Lipinski definition) is 1. The normalized spacial score (nSPS) is 10.2. The number of hydrogen-bond acceptors (Lipinski definition) is 3. The molecule has 0 radical (unpaired) electrons. The Morgan fingerprint density at radius 3 is 3.00 bits per heavy atom. The van der Waals surface area contributed by atoms with Crippen LogP contribution < -0.4 is 5.32 Å². The Labute approximate surface area is 112 Å². The van der Waals surface area contributed by atoms with E-state index in [2.05, 4.69) is 26.2 Å². The van der Waals surface area contributed by atoms with Crippen molar-refractivity contribution in [2.75, 3.05) is 0 Å². The molecular weight excluding hydrogens is 300 g/mol. The first kappa shape index (κ1) is 12.3. The first-order chi connectivity index (χ1) is 8.16. The van der Waals surface area contributed by atoms with Crippen LogP contribution in [0, 0.1) is 6.92 Å². The van der Waals surface area contributed by atoms with Crippen LogP contribution in [0.15, 0.2) is 34.2 Å². The largest absolute Gasteiger partial charge is 0.347 e. The maximum atomic E-state index is 11.8. The van der Waals surface area contributed by atoms with Crippen molar-refractivity contribution in [3.8, 4) is 0 Å². The van der Waals surface area contributed by atoms with Crippen LogP contribution in [0.5, 0.6) is 0 Å². The van der Waals surface area contributed by atoms with Crippen LogP contribution in [0.25, 0.3) is 0 Å². The van der Waals surface area contributed by atoms with E-state index in [9.17, 15) is 4.79 Å². The molecule has 1 aromatic carbocycles. The van der Waals surface area contributed by atoms with Crippen molar-refractivity contribution in [1.29, 1.82) is 0 Å². The molecule has 17 heavy (non-hydrogen) atoms. The van der Waals surface area contributed by atoms with Gasteiger partial charge < -0.3 is 5.32 Å². The molecule has 0 spiro atoms. The molecule has 1 heterocycles. The van der Waals surface area contributed by atoms with Gasteiger partial charge in [0.25, 0.3) is 5.91 Å². The van der Waals surface area contributed by atoms with Crippen LogP contribution in [-0.4, -0.2) is 10.9 Å². The lowest BCUT2D eigenvalue weighted by molar-refractivity contribution is 0.0954. The van der Waals surface area contributed by atoms with Crippen molar-refractivity contribution in [3.05, 3.63) is 50.4 Å². The number of halogens is 1. The first-order valence-corrected chi connectivity index (χ1v) is 6.77. The molecule has 0 unspecified atom stereocenters. The summed E-state index contributed by atoms with van der Waals surface area (Å²) < 4.78 is 1.01. The highest BCUT2D eigenvalue weighted by molar-refractivity contribution is 9.10. The molecule has 2 aromatic rings. The molecule has 0 saturated carbocycles. The van der Waals surface area contributed by atoms with Gasteiger partial charge >= 0.3 is 0 Å². The van der Waals surface area contributed by atoms with E-state index < -0.39 is 0 Å². The van der Waals surface area contributed by atoms with Crippen molar-refractivity contribution in [1.82, 2.24) is 10.3 Å². The zero-order valence-corrected chi connectivity index (χ0v) is 11.6. The van der Waals surface area contributed by atoms with E-state index in [1.54, 1.807) is 5.51 Å². The molecule has 5 heteroatoms. The number of rotatable bonds is 3. The fourth-order valence-electron chi connectivity index (χ4n) is 1.43. The van der Waals surface area contributed by atoms with Gasteiger partial charge in [-0.2, -0.15) is 0 Å². The number of thiazole rings is 1. The van der Waals surface area contributed by atoms with Gasteiger partial charge in [0.05, 0.1) is 11.2 Å². The second-order valence-corrected chi connectivity index (χ2v) is 5.35. The van der Waals surface area contributed by atoms with Crippen LogP contribution in [0.3, 0.4) is 0 Å². The Hall–Kier alpha value is -1.20. The van der Waals surface area contributed by atoms with Crippen LogP contribution >= 0.6 is 27.3 Å². The summed E-state index contributed by atoms with van der Waals surface area (Å²) in [5.74, 6) is -0.0648. The minimum absolute atomic E-state index is 0.0648. The summed E-state index contributed by atoms with van der Waals surface area (Å²) in [6.07, 6.45) is 0. The summed E-state index contributed by atoms with van der Waals surface area (Å²) in [7, 11) is 0. The number of nitrogens with one attached hydrogen (secondary N) is 1. The van der Waals surface area contributed by atoms with E-state index in [-0.39, 0.29) is 5.91 Å². The molecule has 2 rings (SSSR count). The molecule has 0 bridgehead atoms. The van der Waals surface area contributed by atoms with Crippen LogP contribution in [0.4, 0.5) is 0 Å². The number of amides is 1. The van der Waals surface area contributed by atoms with Crippen LogP contribution in [0.1, 0.15) is 20.9 Å². The molecule has 0 aliphatic carbocycles. The highest BCUT2D eigenvalue weighted by Crippen LogP contribution is 2.13. The third kappa shape index (κ3) is 3.14. The highest BCUT2D eigenvalue weighted by Gasteiger charge is 2.10. The molecule has 1 aromatic heterocycles. The Balaban J connectivity index is 1.99. The van der Waals surface area contributed by atoms with Gasteiger partial charge in [0.2, 0.25) is 0 Å². The molecule has 3 nitrogen and oxygen atoms in total. The maximum Gasteiger partial charge on any atom is 0.263 e. The average molecular weight is 311 g/mol. The van der Waals surface area contributed by atoms with Gasteiger partial charge in [-0.3, -0.25) is 4.79 Å². The lowest BCUT2D eigenvalue weighted by Gasteiger charge is -2.04. The van der Waals surface area contributed by atoms with Gasteiger partial charge in [-0.25, -0.2) is 4.98 Å². The van der Waals surface area contributed by atoms with E-state index in [4.69, 9.17) is 0 Å². The number of aromatic nitrogens is 1. The molecule has 88 valence electrons. The van der Waals surface area contributed by atoms with Crippen molar-refractivity contribution < 1.29 is 4.79 Å². The predicted molar refractivity (Wildman–Crippen MR) is 72.2 cm³/mol. The monoisotopic (exact) mass is 310 g/mol. The second-order valence-electron chi connectivity index (χ2n) is 3.58. The second kappa shape index (κ2) is 5.42. The molecule has 1 N–H and O–H groups in total. The van der Waals surface area contributed by atoms with E-state index in [1.807, 2.05) is 31.2 Å². The number of carbonyl (C=O) groups excluding carboxylic acids is 1. The molecule has 0 aliphatic heterocycles. The van der Waals surface area contributed by atoms with E-state index >= 15 is 0 Å². The van der Waals surface area contributed by atoms with E-state index in [0.717, 1.165) is 15.7 Å². The smallest absolute Gasteiger partial charge is 0.263 e. The molecular formula is C12H11BrN2OS. The third-order valence-electron chi connectivity index (χ3n) is 2.29. The van der Waals surface area contributed by atoms with Crippen LogP contribution in [0.2, 0.25) is 0 Å². The average Bonchev–Trinajstić information content (AvgIpc) is 2.72. The molecule has 0 fully saturated rings.